The van der Waals surface area contributed by atoms with Gasteiger partial charge in [0, 0.05) is 20.6 Å². The van der Waals surface area contributed by atoms with Crippen LogP contribution in [-0.2, 0) is 9.47 Å². The van der Waals surface area contributed by atoms with E-state index in [0.717, 1.165) is 5.56 Å². The van der Waals surface area contributed by atoms with Crippen molar-refractivity contribution in [3.8, 4) is 0 Å². The van der Waals surface area contributed by atoms with Crippen LogP contribution in [-0.4, -0.2) is 41.7 Å². The highest BCUT2D eigenvalue weighted by atomic mass is 16.7. The summed E-state index contributed by atoms with van der Waals surface area (Å²) in [6, 6.07) is 9.26. The zero-order valence-corrected chi connectivity index (χ0v) is 11.5. The Morgan fingerprint density at radius 2 is 1.60 bits per heavy atom. The molecule has 0 radical (unpaired) electrons. The van der Waals surface area contributed by atoms with Crippen molar-refractivity contribution in [2.45, 2.75) is 23.7 Å². The van der Waals surface area contributed by atoms with Crippen LogP contribution in [0.2, 0.25) is 0 Å². The zero-order valence-electron chi connectivity index (χ0n) is 11.5. The number of methoxy groups -OCH3 is 2. The van der Waals surface area contributed by atoms with Crippen molar-refractivity contribution in [1.82, 2.24) is 0 Å². The molecule has 0 saturated heterocycles. The molecule has 6 N–H and O–H groups in total. The van der Waals surface area contributed by atoms with Gasteiger partial charge in [0.2, 0.25) is 11.6 Å². The largest absolute Gasteiger partial charge is 0.363 e. The van der Waals surface area contributed by atoms with Gasteiger partial charge in [0.1, 0.15) is 0 Å². The Kier molecular flexibility index (Phi) is 3.72. The molecule has 0 heterocycles. The van der Waals surface area contributed by atoms with Crippen molar-refractivity contribution in [3.63, 3.8) is 0 Å². The summed E-state index contributed by atoms with van der Waals surface area (Å²) in [4.78, 5) is 0. The van der Waals surface area contributed by atoms with Crippen LogP contribution in [0.1, 0.15) is 12.0 Å². The molecular weight excluding hydrogens is 260 g/mol. The summed E-state index contributed by atoms with van der Waals surface area (Å²) in [6.45, 7) is 0. The number of benzene rings is 1. The van der Waals surface area contributed by atoms with Crippen LogP contribution in [0.3, 0.4) is 0 Å². The molecule has 110 valence electrons. The fourth-order valence-corrected chi connectivity index (χ4v) is 2.47. The van der Waals surface area contributed by atoms with E-state index in [1.807, 2.05) is 30.3 Å². The van der Waals surface area contributed by atoms with Crippen molar-refractivity contribution >= 4 is 5.57 Å². The first-order valence-electron chi connectivity index (χ1n) is 6.19. The lowest BCUT2D eigenvalue weighted by Gasteiger charge is -2.51. The highest BCUT2D eigenvalue weighted by Gasteiger charge is 2.62. The fourth-order valence-electron chi connectivity index (χ4n) is 2.47. The highest BCUT2D eigenvalue weighted by molar-refractivity contribution is 5.69. The van der Waals surface area contributed by atoms with E-state index in [1.54, 1.807) is 6.08 Å². The van der Waals surface area contributed by atoms with Gasteiger partial charge in [-0.05, 0) is 17.2 Å². The van der Waals surface area contributed by atoms with Gasteiger partial charge in [0.15, 0.2) is 5.66 Å². The second-order valence-corrected chi connectivity index (χ2v) is 4.97. The molecule has 0 aromatic heterocycles. The van der Waals surface area contributed by atoms with Crippen LogP contribution in [0.25, 0.3) is 5.57 Å². The molecule has 0 fully saturated rings. The maximum atomic E-state index is 10.2. The first-order valence-corrected chi connectivity index (χ1v) is 6.19. The molecule has 0 unspecified atom stereocenters. The molecule has 6 heteroatoms. The first kappa shape index (κ1) is 15.1. The van der Waals surface area contributed by atoms with E-state index in [-0.39, 0.29) is 6.42 Å². The maximum Gasteiger partial charge on any atom is 0.225 e. The van der Waals surface area contributed by atoms with Gasteiger partial charge in [-0.1, -0.05) is 30.3 Å². The average Bonchev–Trinajstić information content (AvgIpc) is 2.43. The Bertz CT molecular complexity index is 507. The van der Waals surface area contributed by atoms with Crippen molar-refractivity contribution in [2.75, 3.05) is 14.2 Å². The van der Waals surface area contributed by atoms with Crippen LogP contribution in [0.5, 0.6) is 0 Å². The number of aliphatic hydroxyl groups is 2. The smallest absolute Gasteiger partial charge is 0.225 e. The van der Waals surface area contributed by atoms with Crippen LogP contribution in [0.15, 0.2) is 36.4 Å². The maximum absolute atomic E-state index is 10.2. The minimum atomic E-state index is -2.38. The number of hydrogen-bond acceptors (Lipinski definition) is 6. The third kappa shape index (κ3) is 2.07. The molecule has 2 rings (SSSR count). The Balaban J connectivity index is 2.59. The van der Waals surface area contributed by atoms with E-state index in [2.05, 4.69) is 0 Å². The summed E-state index contributed by atoms with van der Waals surface area (Å²) in [5, 5.41) is 20.5. The van der Waals surface area contributed by atoms with Crippen LogP contribution in [0, 0.1) is 0 Å². The molecule has 0 spiro atoms. The Morgan fingerprint density at radius 1 is 1.05 bits per heavy atom. The van der Waals surface area contributed by atoms with Gasteiger partial charge in [-0.15, -0.1) is 0 Å². The SMILES string of the molecule is COC1(OC)C=C(c2ccccc2)CC(O)(O)C1(N)N. The van der Waals surface area contributed by atoms with E-state index < -0.39 is 17.2 Å². The van der Waals surface area contributed by atoms with E-state index >= 15 is 0 Å². The van der Waals surface area contributed by atoms with Crippen LogP contribution >= 0.6 is 0 Å². The Hall–Kier alpha value is -1.28. The van der Waals surface area contributed by atoms with Crippen molar-refractivity contribution < 1.29 is 19.7 Å². The van der Waals surface area contributed by atoms with Crippen molar-refractivity contribution in [3.05, 3.63) is 42.0 Å². The fraction of sp³-hybridized carbons (Fsp3) is 0.429. The lowest BCUT2D eigenvalue weighted by atomic mass is 9.78. The number of rotatable bonds is 3. The van der Waals surface area contributed by atoms with E-state index in [1.165, 1.54) is 14.2 Å². The summed E-state index contributed by atoms with van der Waals surface area (Å²) in [5.41, 5.74) is 11.2. The quantitative estimate of drug-likeness (QED) is 0.569. The summed E-state index contributed by atoms with van der Waals surface area (Å²) >= 11 is 0. The molecular formula is C14H20N2O4. The van der Waals surface area contributed by atoms with Crippen LogP contribution < -0.4 is 11.5 Å². The zero-order chi connectivity index (χ0) is 15.0. The van der Waals surface area contributed by atoms with Crippen molar-refractivity contribution in [1.29, 1.82) is 0 Å². The van der Waals surface area contributed by atoms with Gasteiger partial charge in [-0.25, -0.2) is 0 Å². The second kappa shape index (κ2) is 4.92. The van der Waals surface area contributed by atoms with E-state index in [0.29, 0.717) is 5.57 Å². The molecule has 0 atom stereocenters. The molecule has 1 aliphatic carbocycles. The van der Waals surface area contributed by atoms with E-state index in [4.69, 9.17) is 20.9 Å². The third-order valence-electron chi connectivity index (χ3n) is 3.79. The lowest BCUT2D eigenvalue weighted by molar-refractivity contribution is -0.310. The van der Waals surface area contributed by atoms with Gasteiger partial charge < -0.3 is 31.2 Å². The number of hydrogen-bond donors (Lipinski definition) is 4. The molecule has 0 saturated carbocycles. The summed E-state index contributed by atoms with van der Waals surface area (Å²) < 4.78 is 10.5. The number of nitrogens with two attached hydrogens (primary N) is 2. The third-order valence-corrected chi connectivity index (χ3v) is 3.79. The van der Waals surface area contributed by atoms with Gasteiger partial charge in [0.25, 0.3) is 0 Å². The second-order valence-electron chi connectivity index (χ2n) is 4.97. The average molecular weight is 280 g/mol. The standard InChI is InChI=1S/C14H20N2O4/c1-19-13(20-2)9-11(10-6-4-3-5-7-10)8-12(17,18)14(13,15)16/h3-7,9,17-18H,8,15-16H2,1-2H3. The molecule has 0 amide bonds. The number of ether oxygens (including phenoxy) is 2. The van der Waals surface area contributed by atoms with Gasteiger partial charge in [-0.2, -0.15) is 0 Å². The summed E-state index contributed by atoms with van der Waals surface area (Å²) in [5.74, 6) is -4.02. The monoisotopic (exact) mass is 280 g/mol. The molecule has 0 bridgehead atoms. The highest BCUT2D eigenvalue weighted by Crippen LogP contribution is 2.42. The summed E-state index contributed by atoms with van der Waals surface area (Å²) in [6.07, 6.45) is 1.46. The Labute approximate surface area is 117 Å². The van der Waals surface area contributed by atoms with Crippen molar-refractivity contribution in [2.24, 2.45) is 11.5 Å². The predicted molar refractivity (Wildman–Crippen MR) is 74.1 cm³/mol. The molecule has 1 aromatic rings. The van der Waals surface area contributed by atoms with Gasteiger partial charge in [0.05, 0.1) is 0 Å². The minimum Gasteiger partial charge on any atom is -0.363 e. The lowest BCUT2D eigenvalue weighted by Crippen LogP contribution is -2.80. The molecule has 1 aliphatic rings. The van der Waals surface area contributed by atoms with Gasteiger partial charge >= 0.3 is 0 Å². The Morgan fingerprint density at radius 3 is 2.10 bits per heavy atom. The molecule has 1 aromatic carbocycles. The topological polar surface area (TPSA) is 111 Å². The molecule has 6 nitrogen and oxygen atoms in total. The summed E-state index contributed by atoms with van der Waals surface area (Å²) in [7, 11) is 2.69. The first-order chi connectivity index (χ1) is 9.29. The predicted octanol–water partition coefficient (Wildman–Crippen LogP) is -0.243. The normalized spacial score (nSPS) is 23.2. The van der Waals surface area contributed by atoms with Gasteiger partial charge in [-0.3, -0.25) is 0 Å². The minimum absolute atomic E-state index is 0.127. The molecule has 0 aliphatic heterocycles. The van der Waals surface area contributed by atoms with E-state index in [9.17, 15) is 10.2 Å². The molecule has 20 heavy (non-hydrogen) atoms. The van der Waals surface area contributed by atoms with Crippen LogP contribution in [0.4, 0.5) is 0 Å².